The van der Waals surface area contributed by atoms with Crippen LogP contribution in [0.15, 0.2) is 47.6 Å². The quantitative estimate of drug-likeness (QED) is 0.875. The van der Waals surface area contributed by atoms with Gasteiger partial charge in [0.05, 0.1) is 18.1 Å². The van der Waals surface area contributed by atoms with Crippen LogP contribution in [0.5, 0.6) is 0 Å². The first-order valence-corrected chi connectivity index (χ1v) is 8.81. The van der Waals surface area contributed by atoms with Crippen LogP contribution in [0.25, 0.3) is 0 Å². The number of amides is 1. The molecule has 1 aromatic carbocycles. The van der Waals surface area contributed by atoms with E-state index < -0.39 is 10.0 Å². The molecule has 9 heteroatoms. The van der Waals surface area contributed by atoms with Crippen molar-refractivity contribution in [3.8, 4) is 0 Å². The van der Waals surface area contributed by atoms with Crippen LogP contribution in [0.3, 0.4) is 0 Å². The number of carbonyl (C=O) groups is 1. The van der Waals surface area contributed by atoms with Gasteiger partial charge in [0.25, 0.3) is 15.9 Å². The molecule has 0 radical (unpaired) electrons. The van der Waals surface area contributed by atoms with Gasteiger partial charge in [0, 0.05) is 31.0 Å². The zero-order valence-electron chi connectivity index (χ0n) is 12.8. The first kappa shape index (κ1) is 16.3. The topological polar surface area (TPSA) is 101 Å². The van der Waals surface area contributed by atoms with Crippen molar-refractivity contribution in [1.29, 1.82) is 0 Å². The fourth-order valence-electron chi connectivity index (χ4n) is 2.28. The van der Waals surface area contributed by atoms with Crippen molar-refractivity contribution in [1.82, 2.24) is 14.9 Å². The minimum atomic E-state index is -3.87. The molecule has 1 fully saturated rings. The Hall–Kier alpha value is -2.52. The van der Waals surface area contributed by atoms with Crippen molar-refractivity contribution in [3.05, 3.63) is 48.3 Å². The summed E-state index contributed by atoms with van der Waals surface area (Å²) in [7, 11) is -3.87. The maximum Gasteiger partial charge on any atom is 0.264 e. The molecule has 1 aliphatic rings. The molecule has 1 amide bonds. The smallest absolute Gasteiger partial charge is 0.264 e. The van der Waals surface area contributed by atoms with Crippen LogP contribution in [0, 0.1) is 0 Å². The summed E-state index contributed by atoms with van der Waals surface area (Å²) in [6, 6.07) is 7.48. The lowest BCUT2D eigenvalue weighted by molar-refractivity contribution is 0.0302. The molecular formula is C15H16N4O4S. The predicted octanol–water partition coefficient (Wildman–Crippen LogP) is 0.750. The van der Waals surface area contributed by atoms with E-state index in [2.05, 4.69) is 14.7 Å². The van der Waals surface area contributed by atoms with Crippen LogP contribution in [-0.4, -0.2) is 55.5 Å². The Bertz CT molecular complexity index is 820. The average molecular weight is 348 g/mol. The summed E-state index contributed by atoms with van der Waals surface area (Å²) in [5.41, 5.74) is 0.314. The maximum atomic E-state index is 12.5. The Balaban J connectivity index is 1.83. The third kappa shape index (κ3) is 3.69. The van der Waals surface area contributed by atoms with Crippen molar-refractivity contribution in [2.45, 2.75) is 4.90 Å². The molecule has 2 heterocycles. The molecular weight excluding hydrogens is 332 g/mol. The third-order valence-electron chi connectivity index (χ3n) is 3.48. The number of nitrogens with zero attached hydrogens (tertiary/aromatic N) is 3. The van der Waals surface area contributed by atoms with Gasteiger partial charge in [0.1, 0.15) is 0 Å². The molecule has 0 atom stereocenters. The lowest BCUT2D eigenvalue weighted by Crippen LogP contribution is -2.40. The summed E-state index contributed by atoms with van der Waals surface area (Å²) < 4.78 is 32.3. The van der Waals surface area contributed by atoms with Gasteiger partial charge in [0.2, 0.25) is 5.95 Å². The molecule has 0 bridgehead atoms. The Morgan fingerprint density at radius 1 is 1.12 bits per heavy atom. The highest BCUT2D eigenvalue weighted by Crippen LogP contribution is 2.16. The maximum absolute atomic E-state index is 12.5. The van der Waals surface area contributed by atoms with Gasteiger partial charge in [0.15, 0.2) is 0 Å². The summed E-state index contributed by atoms with van der Waals surface area (Å²) in [6.07, 6.45) is 2.87. The van der Waals surface area contributed by atoms with Crippen molar-refractivity contribution in [2.75, 3.05) is 31.0 Å². The van der Waals surface area contributed by atoms with Crippen molar-refractivity contribution < 1.29 is 17.9 Å². The van der Waals surface area contributed by atoms with Gasteiger partial charge in [-0.2, -0.15) is 0 Å². The van der Waals surface area contributed by atoms with Crippen LogP contribution in [0.1, 0.15) is 10.4 Å². The van der Waals surface area contributed by atoms with Gasteiger partial charge < -0.3 is 9.64 Å². The van der Waals surface area contributed by atoms with Crippen LogP contribution < -0.4 is 4.72 Å². The Morgan fingerprint density at radius 3 is 2.54 bits per heavy atom. The van der Waals surface area contributed by atoms with E-state index in [1.54, 1.807) is 17.0 Å². The molecule has 1 aromatic heterocycles. The summed E-state index contributed by atoms with van der Waals surface area (Å²) in [5, 5.41) is 0. The number of aromatic nitrogens is 2. The van der Waals surface area contributed by atoms with Gasteiger partial charge in [-0.15, -0.1) is 0 Å². The number of hydrogen-bond donors (Lipinski definition) is 1. The number of sulfonamides is 1. The first-order chi connectivity index (χ1) is 11.6. The molecule has 2 aromatic rings. The Labute approximate surface area is 139 Å². The first-order valence-electron chi connectivity index (χ1n) is 7.33. The van der Waals surface area contributed by atoms with E-state index in [1.165, 1.54) is 30.6 Å². The molecule has 1 N–H and O–H groups in total. The summed E-state index contributed by atoms with van der Waals surface area (Å²) >= 11 is 0. The van der Waals surface area contributed by atoms with Crippen molar-refractivity contribution in [2.24, 2.45) is 0 Å². The fourth-order valence-corrected chi connectivity index (χ4v) is 3.28. The average Bonchev–Trinajstić information content (AvgIpc) is 2.62. The molecule has 0 aliphatic carbocycles. The molecule has 8 nitrogen and oxygen atoms in total. The van der Waals surface area contributed by atoms with E-state index in [0.29, 0.717) is 31.9 Å². The molecule has 3 rings (SSSR count). The molecule has 0 spiro atoms. The van der Waals surface area contributed by atoms with Gasteiger partial charge in [-0.25, -0.2) is 23.1 Å². The van der Waals surface area contributed by atoms with Gasteiger partial charge >= 0.3 is 0 Å². The summed E-state index contributed by atoms with van der Waals surface area (Å²) in [5.74, 6) is -0.242. The highest BCUT2D eigenvalue weighted by molar-refractivity contribution is 7.92. The van der Waals surface area contributed by atoms with Crippen LogP contribution in [0.2, 0.25) is 0 Å². The van der Waals surface area contributed by atoms with E-state index in [-0.39, 0.29) is 16.8 Å². The largest absolute Gasteiger partial charge is 0.378 e. The van der Waals surface area contributed by atoms with Crippen LogP contribution in [-0.2, 0) is 14.8 Å². The highest BCUT2D eigenvalue weighted by Gasteiger charge is 2.21. The second-order valence-electron chi connectivity index (χ2n) is 5.11. The number of benzene rings is 1. The van der Waals surface area contributed by atoms with E-state index in [9.17, 15) is 13.2 Å². The summed E-state index contributed by atoms with van der Waals surface area (Å²) in [4.78, 5) is 21.8. The second-order valence-corrected chi connectivity index (χ2v) is 6.79. The number of morpholine rings is 1. The van der Waals surface area contributed by atoms with E-state index >= 15 is 0 Å². The Morgan fingerprint density at radius 2 is 1.83 bits per heavy atom. The second kappa shape index (κ2) is 6.93. The minimum absolute atomic E-state index is 0.0194. The molecule has 126 valence electrons. The van der Waals surface area contributed by atoms with Crippen molar-refractivity contribution >= 4 is 21.9 Å². The fraction of sp³-hybridized carbons (Fsp3) is 0.267. The lowest BCUT2D eigenvalue weighted by Gasteiger charge is -2.27. The van der Waals surface area contributed by atoms with Gasteiger partial charge in [-0.3, -0.25) is 4.79 Å². The van der Waals surface area contributed by atoms with E-state index in [1.807, 2.05) is 0 Å². The zero-order chi connectivity index (χ0) is 17.0. The molecule has 1 saturated heterocycles. The number of nitrogens with one attached hydrogen (secondary N) is 1. The molecule has 0 unspecified atom stereocenters. The van der Waals surface area contributed by atoms with Crippen LogP contribution in [0.4, 0.5) is 5.95 Å². The Kier molecular flexibility index (Phi) is 4.72. The van der Waals surface area contributed by atoms with Crippen molar-refractivity contribution in [3.63, 3.8) is 0 Å². The highest BCUT2D eigenvalue weighted by atomic mass is 32.2. The van der Waals surface area contributed by atoms with Crippen LogP contribution >= 0.6 is 0 Å². The van der Waals surface area contributed by atoms with E-state index in [4.69, 9.17) is 4.74 Å². The molecule has 1 aliphatic heterocycles. The van der Waals surface area contributed by atoms with Gasteiger partial charge in [-0.1, -0.05) is 6.07 Å². The molecule has 0 saturated carbocycles. The molecule has 24 heavy (non-hydrogen) atoms. The number of hydrogen-bond acceptors (Lipinski definition) is 6. The monoisotopic (exact) mass is 348 g/mol. The standard InChI is InChI=1S/C15H16N4O4S/c20-14(19-7-9-23-10-8-19)12-3-1-4-13(11-12)24(21,22)18-15-16-5-2-6-17-15/h1-6,11H,7-10H2,(H,16,17,18). The SMILES string of the molecule is O=C(c1cccc(S(=O)(=O)Nc2ncccn2)c1)N1CCOCC1. The lowest BCUT2D eigenvalue weighted by atomic mass is 10.2. The minimum Gasteiger partial charge on any atom is -0.378 e. The number of carbonyl (C=O) groups excluding carboxylic acids is 1. The van der Waals surface area contributed by atoms with E-state index in [0.717, 1.165) is 0 Å². The third-order valence-corrected chi connectivity index (χ3v) is 4.81. The zero-order valence-corrected chi connectivity index (χ0v) is 13.6. The number of rotatable bonds is 4. The summed E-state index contributed by atoms with van der Waals surface area (Å²) in [6.45, 7) is 1.95. The number of anilines is 1. The number of ether oxygens (including phenoxy) is 1. The normalized spacial score (nSPS) is 15.1. The predicted molar refractivity (Wildman–Crippen MR) is 86.0 cm³/mol. The van der Waals surface area contributed by atoms with Gasteiger partial charge in [-0.05, 0) is 24.3 Å².